The summed E-state index contributed by atoms with van der Waals surface area (Å²) >= 11 is 0. The minimum Gasteiger partial charge on any atom is -0.481 e. The van der Waals surface area contributed by atoms with Gasteiger partial charge in [-0.05, 0) is 54.8 Å². The predicted molar refractivity (Wildman–Crippen MR) is 129 cm³/mol. The Hall–Kier alpha value is -3.08. The molecule has 0 aliphatic carbocycles. The fourth-order valence-corrected chi connectivity index (χ4v) is 4.26. The van der Waals surface area contributed by atoms with Gasteiger partial charge in [0.05, 0.1) is 36.0 Å². The first-order chi connectivity index (χ1) is 15.8. The summed E-state index contributed by atoms with van der Waals surface area (Å²) in [6, 6.07) is 15.9. The molecule has 2 aromatic carbocycles. The zero-order valence-corrected chi connectivity index (χ0v) is 19.6. The van der Waals surface area contributed by atoms with Gasteiger partial charge in [0.25, 0.3) is 0 Å². The quantitative estimate of drug-likeness (QED) is 0.541. The molecule has 0 aromatic heterocycles. The van der Waals surface area contributed by atoms with E-state index in [0.29, 0.717) is 18.2 Å². The van der Waals surface area contributed by atoms with Crippen molar-refractivity contribution in [1.29, 1.82) is 5.26 Å². The van der Waals surface area contributed by atoms with Crippen molar-refractivity contribution in [2.45, 2.75) is 44.6 Å². The summed E-state index contributed by atoms with van der Waals surface area (Å²) in [6.07, 6.45) is 1.91. The van der Waals surface area contributed by atoms with Gasteiger partial charge in [-0.3, -0.25) is 4.79 Å². The van der Waals surface area contributed by atoms with E-state index in [2.05, 4.69) is 28.4 Å². The molecule has 0 saturated carbocycles. The van der Waals surface area contributed by atoms with Crippen molar-refractivity contribution in [3.05, 3.63) is 53.6 Å². The van der Waals surface area contributed by atoms with Crippen molar-refractivity contribution in [3.8, 4) is 6.07 Å². The summed E-state index contributed by atoms with van der Waals surface area (Å²) in [7, 11) is 1.70. The summed E-state index contributed by atoms with van der Waals surface area (Å²) < 4.78 is 11.0. The van der Waals surface area contributed by atoms with E-state index in [1.54, 1.807) is 19.2 Å². The molecule has 1 saturated heterocycles. The average molecular weight is 452 g/mol. The van der Waals surface area contributed by atoms with Crippen LogP contribution in [0.3, 0.4) is 0 Å². The molecule has 0 atom stereocenters. The lowest BCUT2D eigenvalue weighted by atomic mass is 9.81. The molecule has 7 nitrogen and oxygen atoms in total. The first-order valence-electron chi connectivity index (χ1n) is 11.3. The Morgan fingerprint density at radius 3 is 2.55 bits per heavy atom. The van der Waals surface area contributed by atoms with Gasteiger partial charge in [0.1, 0.15) is 0 Å². The molecule has 0 radical (unpaired) electrons. The van der Waals surface area contributed by atoms with Crippen LogP contribution in [0.15, 0.2) is 42.5 Å². The molecule has 2 N–H and O–H groups in total. The molecule has 1 fully saturated rings. The van der Waals surface area contributed by atoms with Crippen molar-refractivity contribution in [2.75, 3.05) is 43.7 Å². The number of benzene rings is 2. The van der Waals surface area contributed by atoms with Gasteiger partial charge in [0, 0.05) is 44.0 Å². The van der Waals surface area contributed by atoms with Gasteiger partial charge in [-0.25, -0.2) is 0 Å². The van der Waals surface area contributed by atoms with Gasteiger partial charge < -0.3 is 24.8 Å². The molecule has 33 heavy (non-hydrogen) atoms. The Balaban J connectivity index is 2.03. The second kappa shape index (κ2) is 11.2. The van der Waals surface area contributed by atoms with E-state index in [9.17, 15) is 9.90 Å². The lowest BCUT2D eigenvalue weighted by Crippen LogP contribution is -2.41. The zero-order chi connectivity index (χ0) is 23.8. The number of ether oxygens (including phenoxy) is 2. The zero-order valence-electron chi connectivity index (χ0n) is 19.6. The van der Waals surface area contributed by atoms with Crippen LogP contribution in [0.2, 0.25) is 0 Å². The van der Waals surface area contributed by atoms with Gasteiger partial charge in [0.2, 0.25) is 0 Å². The first kappa shape index (κ1) is 24.6. The van der Waals surface area contributed by atoms with Gasteiger partial charge in [-0.2, -0.15) is 5.26 Å². The fraction of sp³-hybridized carbons (Fsp3) is 0.462. The van der Waals surface area contributed by atoms with E-state index in [4.69, 9.17) is 14.7 Å². The minimum atomic E-state index is -0.824. The molecule has 3 rings (SSSR count). The molecule has 1 heterocycles. The number of nitriles is 1. The molecule has 0 bridgehead atoms. The van der Waals surface area contributed by atoms with Crippen molar-refractivity contribution in [2.24, 2.45) is 0 Å². The Morgan fingerprint density at radius 2 is 1.94 bits per heavy atom. The van der Waals surface area contributed by atoms with Crippen LogP contribution in [-0.2, 0) is 19.7 Å². The average Bonchev–Trinajstić information content (AvgIpc) is 2.80. The van der Waals surface area contributed by atoms with Crippen molar-refractivity contribution < 1.29 is 19.4 Å². The Kier molecular flexibility index (Phi) is 8.32. The Bertz CT molecular complexity index is 976. The Labute approximate surface area is 195 Å². The third-order valence-electron chi connectivity index (χ3n) is 6.14. The Morgan fingerprint density at radius 1 is 1.24 bits per heavy atom. The van der Waals surface area contributed by atoms with Gasteiger partial charge in [0.15, 0.2) is 0 Å². The monoisotopic (exact) mass is 451 g/mol. The molecule has 176 valence electrons. The number of hydrogen-bond acceptors (Lipinski definition) is 6. The van der Waals surface area contributed by atoms with Crippen molar-refractivity contribution >= 4 is 23.0 Å². The SMILES string of the molecule is COCCN(c1ccc(C(C)(C)CC(=O)O)cc1Nc1ccc(C#N)cc1)C1CCOCC1. The molecule has 0 unspecified atom stereocenters. The standard InChI is InChI=1S/C26H33N3O4/c1-26(2,17-25(30)31)20-6-9-24(29(12-15-32-3)22-10-13-33-14-11-22)23(16-20)28-21-7-4-19(18-27)5-8-21/h4-9,16,22,28H,10-15,17H2,1-3H3,(H,30,31). The molecular weight excluding hydrogens is 418 g/mol. The topological polar surface area (TPSA) is 94.8 Å². The molecule has 2 aromatic rings. The van der Waals surface area contributed by atoms with Crippen molar-refractivity contribution in [3.63, 3.8) is 0 Å². The number of rotatable bonds is 10. The lowest BCUT2D eigenvalue weighted by Gasteiger charge is -2.37. The van der Waals surface area contributed by atoms with E-state index in [0.717, 1.165) is 55.2 Å². The number of methoxy groups -OCH3 is 1. The van der Waals surface area contributed by atoms with Crippen LogP contribution >= 0.6 is 0 Å². The normalized spacial score (nSPS) is 14.5. The summed E-state index contributed by atoms with van der Waals surface area (Å²) in [4.78, 5) is 13.8. The molecule has 7 heteroatoms. The van der Waals surface area contributed by atoms with Crippen LogP contribution in [0.5, 0.6) is 0 Å². The second-order valence-corrected chi connectivity index (χ2v) is 9.03. The summed E-state index contributed by atoms with van der Waals surface area (Å²) in [6.45, 7) is 6.69. The first-order valence-corrected chi connectivity index (χ1v) is 11.3. The van der Waals surface area contributed by atoms with E-state index in [1.807, 2.05) is 32.0 Å². The number of aliphatic carboxylic acids is 1. The van der Waals surface area contributed by atoms with Crippen LogP contribution in [0.25, 0.3) is 0 Å². The highest BCUT2D eigenvalue weighted by Crippen LogP contribution is 2.37. The molecule has 0 spiro atoms. The van der Waals surface area contributed by atoms with E-state index >= 15 is 0 Å². The van der Waals surface area contributed by atoms with Crippen LogP contribution < -0.4 is 10.2 Å². The smallest absolute Gasteiger partial charge is 0.304 e. The predicted octanol–water partition coefficient (Wildman–Crippen LogP) is 4.69. The van der Waals surface area contributed by atoms with E-state index in [1.165, 1.54) is 0 Å². The molecular formula is C26H33N3O4. The minimum absolute atomic E-state index is 0.0377. The number of carboxylic acids is 1. The highest BCUT2D eigenvalue weighted by atomic mass is 16.5. The third kappa shape index (κ3) is 6.47. The summed E-state index contributed by atoms with van der Waals surface area (Å²) in [5.41, 5.74) is 3.82. The van der Waals surface area contributed by atoms with Gasteiger partial charge >= 0.3 is 5.97 Å². The molecule has 1 aliphatic rings. The number of hydrogen-bond donors (Lipinski definition) is 2. The maximum absolute atomic E-state index is 11.4. The van der Waals surface area contributed by atoms with Gasteiger partial charge in [-0.15, -0.1) is 0 Å². The highest BCUT2D eigenvalue weighted by molar-refractivity contribution is 5.77. The van der Waals surface area contributed by atoms with Gasteiger partial charge in [-0.1, -0.05) is 19.9 Å². The number of carbonyl (C=O) groups is 1. The highest BCUT2D eigenvalue weighted by Gasteiger charge is 2.28. The van der Waals surface area contributed by atoms with E-state index in [-0.39, 0.29) is 6.42 Å². The second-order valence-electron chi connectivity index (χ2n) is 9.03. The van der Waals surface area contributed by atoms with E-state index < -0.39 is 11.4 Å². The fourth-order valence-electron chi connectivity index (χ4n) is 4.26. The van der Waals surface area contributed by atoms with Crippen LogP contribution in [0, 0.1) is 11.3 Å². The number of anilines is 3. The maximum Gasteiger partial charge on any atom is 0.304 e. The summed E-state index contributed by atoms with van der Waals surface area (Å²) in [5, 5.41) is 22.0. The molecule has 0 amide bonds. The third-order valence-corrected chi connectivity index (χ3v) is 6.14. The number of nitrogens with one attached hydrogen (secondary N) is 1. The lowest BCUT2D eigenvalue weighted by molar-refractivity contribution is -0.138. The van der Waals surface area contributed by atoms with Crippen LogP contribution in [0.4, 0.5) is 17.1 Å². The number of nitrogens with zero attached hydrogens (tertiary/aromatic N) is 2. The van der Waals surface area contributed by atoms with Crippen LogP contribution in [0.1, 0.15) is 44.2 Å². The maximum atomic E-state index is 11.4. The largest absolute Gasteiger partial charge is 0.481 e. The summed E-state index contributed by atoms with van der Waals surface area (Å²) in [5.74, 6) is -0.824. The van der Waals surface area contributed by atoms with Crippen LogP contribution in [-0.4, -0.2) is 50.6 Å². The number of carboxylic acid groups (broad SMARTS) is 1. The van der Waals surface area contributed by atoms with Crippen molar-refractivity contribution in [1.82, 2.24) is 0 Å². The molecule has 1 aliphatic heterocycles.